The standard InChI is InChI=1S/C13H14N4O3S/c1-7-5-3-4-6-9(7)14-10(18)8(2)21-12-11(19)15-13(20)17-16-12/h3-6,8H,1-2H3,(H,14,18)(H2,15,17,19,20). The molecule has 0 aliphatic heterocycles. The molecule has 1 amide bonds. The van der Waals surface area contributed by atoms with Crippen LogP contribution in [0.2, 0.25) is 0 Å². The van der Waals surface area contributed by atoms with Crippen LogP contribution in [0, 0.1) is 6.92 Å². The van der Waals surface area contributed by atoms with Crippen molar-refractivity contribution in [2.45, 2.75) is 24.1 Å². The lowest BCUT2D eigenvalue weighted by molar-refractivity contribution is -0.115. The number of nitrogens with zero attached hydrogens (tertiary/aromatic N) is 1. The maximum absolute atomic E-state index is 12.1. The second-order valence-electron chi connectivity index (χ2n) is 4.38. The van der Waals surface area contributed by atoms with Crippen molar-refractivity contribution in [1.29, 1.82) is 0 Å². The van der Waals surface area contributed by atoms with E-state index in [1.54, 1.807) is 13.0 Å². The minimum Gasteiger partial charge on any atom is -0.325 e. The van der Waals surface area contributed by atoms with Crippen molar-refractivity contribution in [3.8, 4) is 0 Å². The predicted octanol–water partition coefficient (Wildman–Crippen LogP) is 0.886. The van der Waals surface area contributed by atoms with Crippen molar-refractivity contribution in [1.82, 2.24) is 15.2 Å². The number of amides is 1. The molecule has 0 bridgehead atoms. The van der Waals surface area contributed by atoms with Gasteiger partial charge in [-0.15, -0.1) is 0 Å². The number of carbonyl (C=O) groups excluding carboxylic acids is 1. The number of benzene rings is 1. The lowest BCUT2D eigenvalue weighted by atomic mass is 10.2. The number of carbonyl (C=O) groups is 1. The molecular weight excluding hydrogens is 292 g/mol. The number of hydrogen-bond donors (Lipinski definition) is 3. The lowest BCUT2D eigenvalue weighted by Crippen LogP contribution is -2.28. The van der Waals surface area contributed by atoms with Crippen LogP contribution < -0.4 is 16.6 Å². The molecule has 1 heterocycles. The Morgan fingerprint density at radius 1 is 1.33 bits per heavy atom. The van der Waals surface area contributed by atoms with E-state index in [0.717, 1.165) is 23.0 Å². The number of aryl methyl sites for hydroxylation is 1. The maximum atomic E-state index is 12.1. The lowest BCUT2D eigenvalue weighted by Gasteiger charge is -2.12. The van der Waals surface area contributed by atoms with E-state index in [1.165, 1.54) is 0 Å². The molecule has 0 aliphatic rings. The fourth-order valence-electron chi connectivity index (χ4n) is 1.59. The second-order valence-corrected chi connectivity index (χ2v) is 5.71. The van der Waals surface area contributed by atoms with Gasteiger partial charge in [-0.25, -0.2) is 9.89 Å². The maximum Gasteiger partial charge on any atom is 0.342 e. The van der Waals surface area contributed by atoms with Gasteiger partial charge in [-0.2, -0.15) is 5.10 Å². The van der Waals surface area contributed by atoms with Gasteiger partial charge >= 0.3 is 5.69 Å². The highest BCUT2D eigenvalue weighted by Crippen LogP contribution is 2.20. The number of H-pyrrole nitrogens is 2. The minimum atomic E-state index is -0.679. The third kappa shape index (κ3) is 3.82. The van der Waals surface area contributed by atoms with Crippen LogP contribution in [0.3, 0.4) is 0 Å². The Morgan fingerprint density at radius 2 is 2.05 bits per heavy atom. The summed E-state index contributed by atoms with van der Waals surface area (Å²) in [6.45, 7) is 3.55. The molecule has 1 aromatic heterocycles. The number of para-hydroxylation sites is 1. The first-order valence-corrected chi connectivity index (χ1v) is 7.07. The van der Waals surface area contributed by atoms with Crippen LogP contribution in [0.4, 0.5) is 5.69 Å². The van der Waals surface area contributed by atoms with Crippen molar-refractivity contribution in [2.24, 2.45) is 0 Å². The van der Waals surface area contributed by atoms with Gasteiger partial charge in [0.05, 0.1) is 5.25 Å². The van der Waals surface area contributed by atoms with Gasteiger partial charge in [0.1, 0.15) is 0 Å². The zero-order valence-electron chi connectivity index (χ0n) is 11.5. The van der Waals surface area contributed by atoms with Crippen molar-refractivity contribution >= 4 is 23.4 Å². The molecule has 2 rings (SSSR count). The van der Waals surface area contributed by atoms with E-state index in [4.69, 9.17) is 0 Å². The molecule has 0 saturated carbocycles. The van der Waals surface area contributed by atoms with Gasteiger partial charge < -0.3 is 5.32 Å². The number of thioether (sulfide) groups is 1. The Bertz CT molecular complexity index is 768. The third-order valence-corrected chi connectivity index (χ3v) is 3.81. The average Bonchev–Trinajstić information content (AvgIpc) is 2.44. The summed E-state index contributed by atoms with van der Waals surface area (Å²) in [6.07, 6.45) is 0. The summed E-state index contributed by atoms with van der Waals surface area (Å²) in [5, 5.41) is 8.05. The molecule has 1 atom stereocenters. The van der Waals surface area contributed by atoms with E-state index in [-0.39, 0.29) is 10.9 Å². The summed E-state index contributed by atoms with van der Waals surface area (Å²) in [6, 6.07) is 7.40. The highest BCUT2D eigenvalue weighted by molar-refractivity contribution is 8.00. The van der Waals surface area contributed by atoms with E-state index in [0.29, 0.717) is 0 Å². The molecule has 1 aromatic carbocycles. The summed E-state index contributed by atoms with van der Waals surface area (Å²) >= 11 is 0.975. The van der Waals surface area contributed by atoms with Crippen molar-refractivity contribution in [3.63, 3.8) is 0 Å². The van der Waals surface area contributed by atoms with Crippen LogP contribution in [-0.2, 0) is 4.79 Å². The van der Waals surface area contributed by atoms with Gasteiger partial charge in [0.15, 0.2) is 5.03 Å². The van der Waals surface area contributed by atoms with Crippen molar-refractivity contribution in [3.05, 3.63) is 50.7 Å². The first-order chi connectivity index (χ1) is 9.97. The zero-order chi connectivity index (χ0) is 15.4. The van der Waals surface area contributed by atoms with Crippen LogP contribution in [-0.4, -0.2) is 26.3 Å². The highest BCUT2D eigenvalue weighted by atomic mass is 32.2. The van der Waals surface area contributed by atoms with Crippen molar-refractivity contribution in [2.75, 3.05) is 5.32 Å². The molecule has 0 aliphatic carbocycles. The summed E-state index contributed by atoms with van der Waals surface area (Å²) in [7, 11) is 0. The number of aromatic amines is 2. The molecule has 3 N–H and O–H groups in total. The topological polar surface area (TPSA) is 108 Å². The molecule has 7 nitrogen and oxygen atoms in total. The van der Waals surface area contributed by atoms with Crippen LogP contribution in [0.15, 0.2) is 38.9 Å². The van der Waals surface area contributed by atoms with Crippen LogP contribution in [0.5, 0.6) is 0 Å². The van der Waals surface area contributed by atoms with Gasteiger partial charge in [0.25, 0.3) is 5.56 Å². The summed E-state index contributed by atoms with van der Waals surface area (Å²) in [5.74, 6) is -0.248. The van der Waals surface area contributed by atoms with Crippen LogP contribution in [0.1, 0.15) is 12.5 Å². The van der Waals surface area contributed by atoms with E-state index < -0.39 is 16.5 Å². The van der Waals surface area contributed by atoms with E-state index >= 15 is 0 Å². The van der Waals surface area contributed by atoms with E-state index in [1.807, 2.05) is 25.1 Å². The van der Waals surface area contributed by atoms with Gasteiger partial charge in [-0.05, 0) is 25.5 Å². The smallest absolute Gasteiger partial charge is 0.325 e. The fraction of sp³-hybridized carbons (Fsp3) is 0.231. The summed E-state index contributed by atoms with van der Waals surface area (Å²) in [4.78, 5) is 36.6. The van der Waals surface area contributed by atoms with Gasteiger partial charge in [0.2, 0.25) is 5.91 Å². The largest absolute Gasteiger partial charge is 0.342 e. The molecular formula is C13H14N4O3S. The van der Waals surface area contributed by atoms with E-state index in [2.05, 4.69) is 20.5 Å². The Balaban J connectivity index is 2.08. The van der Waals surface area contributed by atoms with Gasteiger partial charge in [0, 0.05) is 5.69 Å². The monoisotopic (exact) mass is 306 g/mol. The summed E-state index contributed by atoms with van der Waals surface area (Å²) in [5.41, 5.74) is 0.377. The zero-order valence-corrected chi connectivity index (χ0v) is 12.3. The van der Waals surface area contributed by atoms with Crippen LogP contribution >= 0.6 is 11.8 Å². The second kappa shape index (κ2) is 6.40. The van der Waals surface area contributed by atoms with Crippen LogP contribution in [0.25, 0.3) is 0 Å². The minimum absolute atomic E-state index is 0.0435. The van der Waals surface area contributed by atoms with Crippen molar-refractivity contribution < 1.29 is 4.79 Å². The number of aromatic nitrogens is 3. The van der Waals surface area contributed by atoms with Gasteiger partial charge in [-0.1, -0.05) is 30.0 Å². The number of rotatable bonds is 4. The summed E-state index contributed by atoms with van der Waals surface area (Å²) < 4.78 is 0. The number of hydrogen-bond acceptors (Lipinski definition) is 5. The SMILES string of the molecule is Cc1ccccc1NC(=O)C(C)Sc1n[nH]c(=O)[nH]c1=O. The Kier molecular flexibility index (Phi) is 4.59. The molecule has 0 fully saturated rings. The average molecular weight is 306 g/mol. The molecule has 0 radical (unpaired) electrons. The normalized spacial score (nSPS) is 11.9. The predicted molar refractivity (Wildman–Crippen MR) is 80.6 cm³/mol. The molecule has 1 unspecified atom stereocenters. The quantitative estimate of drug-likeness (QED) is 0.727. The molecule has 0 saturated heterocycles. The Hall–Kier alpha value is -2.35. The molecule has 8 heteroatoms. The van der Waals surface area contributed by atoms with E-state index in [9.17, 15) is 14.4 Å². The fourth-order valence-corrected chi connectivity index (χ4v) is 2.34. The first-order valence-electron chi connectivity index (χ1n) is 6.19. The Labute approximate surface area is 124 Å². The molecule has 21 heavy (non-hydrogen) atoms. The Morgan fingerprint density at radius 3 is 2.71 bits per heavy atom. The highest BCUT2D eigenvalue weighted by Gasteiger charge is 2.18. The number of anilines is 1. The number of nitrogens with one attached hydrogen (secondary N) is 3. The van der Waals surface area contributed by atoms with Gasteiger partial charge in [-0.3, -0.25) is 14.6 Å². The molecule has 110 valence electrons. The first kappa shape index (κ1) is 15.0. The third-order valence-electron chi connectivity index (χ3n) is 2.74. The molecule has 0 spiro atoms. The molecule has 2 aromatic rings.